The molecule has 0 bridgehead atoms. The minimum Gasteiger partial charge on any atom is -0.341 e. The normalized spacial score (nSPS) is 23.2. The van der Waals surface area contributed by atoms with E-state index in [2.05, 4.69) is 27.4 Å². The zero-order chi connectivity index (χ0) is 38.5. The van der Waals surface area contributed by atoms with Gasteiger partial charge in [-0.25, -0.2) is 27.5 Å². The Kier molecular flexibility index (Phi) is 8.76. The van der Waals surface area contributed by atoms with E-state index in [1.807, 2.05) is 43.2 Å². The Balaban J connectivity index is 1.17. The third-order valence-electron chi connectivity index (χ3n) is 11.9. The molecule has 54 heavy (non-hydrogen) atoms. The molecule has 4 aromatic rings. The highest BCUT2D eigenvalue weighted by molar-refractivity contribution is 6.34. The van der Waals surface area contributed by atoms with E-state index in [4.69, 9.17) is 21.6 Å². The highest BCUT2D eigenvalue weighted by Crippen LogP contribution is 2.50. The minimum atomic E-state index is -2.84. The number of rotatable bonds is 9. The van der Waals surface area contributed by atoms with Crippen LogP contribution in [-0.4, -0.2) is 72.9 Å². The van der Waals surface area contributed by atoms with E-state index in [0.29, 0.717) is 28.0 Å². The number of halogens is 5. The predicted octanol–water partition coefficient (Wildman–Crippen LogP) is 8.31. The van der Waals surface area contributed by atoms with Crippen molar-refractivity contribution in [2.45, 2.75) is 115 Å². The van der Waals surface area contributed by atoms with Gasteiger partial charge in [-0.3, -0.25) is 19.5 Å². The summed E-state index contributed by atoms with van der Waals surface area (Å²) in [7, 11) is 0. The van der Waals surface area contributed by atoms with Gasteiger partial charge in [0.15, 0.2) is 17.5 Å². The van der Waals surface area contributed by atoms with Crippen LogP contribution in [0.1, 0.15) is 102 Å². The quantitative estimate of drug-likeness (QED) is 0.130. The number of piperidine rings is 1. The van der Waals surface area contributed by atoms with E-state index in [-0.39, 0.29) is 42.2 Å². The molecule has 0 radical (unpaired) electrons. The van der Waals surface area contributed by atoms with Crippen LogP contribution in [0.25, 0.3) is 22.3 Å². The topological polar surface area (TPSA) is 108 Å². The number of nitrogens with one attached hydrogen (secondary N) is 2. The van der Waals surface area contributed by atoms with E-state index in [1.54, 1.807) is 18.6 Å². The number of imidazole rings is 1. The summed E-state index contributed by atoms with van der Waals surface area (Å²) in [6, 6.07) is 4.57. The van der Waals surface area contributed by atoms with Gasteiger partial charge in [-0.2, -0.15) is 0 Å². The lowest BCUT2D eigenvalue weighted by Crippen LogP contribution is -2.64. The van der Waals surface area contributed by atoms with E-state index >= 15 is 8.78 Å². The molecule has 2 saturated carbocycles. The lowest BCUT2D eigenvalue weighted by Gasteiger charge is -2.55. The molecule has 5 heterocycles. The van der Waals surface area contributed by atoms with Crippen molar-refractivity contribution in [2.24, 2.45) is 0 Å². The van der Waals surface area contributed by atoms with Gasteiger partial charge in [0.25, 0.3) is 12.3 Å². The molecule has 10 nitrogen and oxygen atoms in total. The van der Waals surface area contributed by atoms with E-state index in [9.17, 15) is 18.4 Å². The molecule has 286 valence electrons. The van der Waals surface area contributed by atoms with Gasteiger partial charge in [-0.05, 0) is 104 Å². The second-order valence-electron chi connectivity index (χ2n) is 16.4. The zero-order valence-corrected chi connectivity index (χ0v) is 31.6. The van der Waals surface area contributed by atoms with Crippen LogP contribution in [0.15, 0.2) is 30.7 Å². The summed E-state index contributed by atoms with van der Waals surface area (Å²) in [4.78, 5) is 45.9. The van der Waals surface area contributed by atoms with Crippen LogP contribution in [0.2, 0.25) is 5.02 Å². The number of benzene rings is 1. The van der Waals surface area contributed by atoms with Crippen LogP contribution in [0, 0.1) is 11.6 Å². The maximum Gasteiger partial charge on any atom is 0.261 e. The van der Waals surface area contributed by atoms with Gasteiger partial charge in [0.2, 0.25) is 5.91 Å². The number of pyridine rings is 2. The molecule has 2 amide bonds. The Morgan fingerprint density at radius 1 is 1.00 bits per heavy atom. The van der Waals surface area contributed by atoms with Crippen LogP contribution in [0.5, 0.6) is 0 Å². The number of likely N-dealkylation sites (tertiary alicyclic amines) is 1. The van der Waals surface area contributed by atoms with Crippen LogP contribution in [0.4, 0.5) is 34.8 Å². The molecule has 3 aromatic heterocycles. The number of alkyl halides is 2. The molecule has 1 saturated heterocycles. The van der Waals surface area contributed by atoms with Crippen molar-refractivity contribution < 1.29 is 27.2 Å². The van der Waals surface area contributed by atoms with Crippen molar-refractivity contribution in [3.63, 3.8) is 0 Å². The zero-order valence-electron chi connectivity index (χ0n) is 30.9. The Labute approximate surface area is 315 Å². The molecule has 2 N–H and O–H groups in total. The standard InChI is InChI=1S/C39H43ClF4N8O2/c1-20(2)51-19-46-26-15-24(47-33(31(26)51)48-25-14-23(28(40)30(42)29(25)41)34(53)49-39(9-10-39)35(43)44)21-13-27-32(45-18-21)37(3,4)36(54)52(27)22-16-38(5,17-22)50-11-7-6-8-12-50/h13-15,18-20,22,35H,6-12,16-17H2,1-5H3,(H,47,48)(H,49,53)/t22-,38+. The summed E-state index contributed by atoms with van der Waals surface area (Å²) in [5.74, 6) is -3.85. The van der Waals surface area contributed by atoms with Crippen LogP contribution >= 0.6 is 11.6 Å². The van der Waals surface area contributed by atoms with E-state index < -0.39 is 51.2 Å². The SMILES string of the molecule is CC(C)n1cnc2cc(-c3cnc4c(c3)N([C@H]3C[C@@](C)(N5CCCCC5)C3)C(=O)C4(C)C)nc(Nc3cc(C(=O)NC4(C(F)F)CC4)c(Cl)c(F)c3F)c21. The third kappa shape index (κ3) is 5.82. The number of carbonyl (C=O) groups excluding carboxylic acids is 2. The lowest BCUT2D eigenvalue weighted by molar-refractivity contribution is -0.123. The van der Waals surface area contributed by atoms with Crippen LogP contribution in [-0.2, 0) is 10.2 Å². The molecule has 0 atom stereocenters. The fraction of sp³-hybridized carbons (Fsp3) is 0.513. The third-order valence-corrected chi connectivity index (χ3v) is 12.3. The summed E-state index contributed by atoms with van der Waals surface area (Å²) in [6.45, 7) is 12.1. The van der Waals surface area contributed by atoms with Gasteiger partial charge in [0, 0.05) is 29.4 Å². The Bertz CT molecular complexity index is 2190. The summed E-state index contributed by atoms with van der Waals surface area (Å²) in [5, 5.41) is 4.30. The first-order valence-electron chi connectivity index (χ1n) is 18.6. The molecular formula is C39H43ClF4N8O2. The number of nitrogens with zero attached hydrogens (tertiary/aromatic N) is 6. The van der Waals surface area contributed by atoms with Crippen molar-refractivity contribution in [1.29, 1.82) is 0 Å². The van der Waals surface area contributed by atoms with Crippen molar-refractivity contribution in [1.82, 2.24) is 29.7 Å². The van der Waals surface area contributed by atoms with Gasteiger partial charge in [-0.1, -0.05) is 18.0 Å². The van der Waals surface area contributed by atoms with Crippen molar-refractivity contribution >= 4 is 51.6 Å². The molecule has 0 unspecified atom stereocenters. The highest BCUT2D eigenvalue weighted by atomic mass is 35.5. The maximum atomic E-state index is 15.6. The molecule has 2 aliphatic heterocycles. The molecule has 8 rings (SSSR count). The molecule has 15 heteroatoms. The summed E-state index contributed by atoms with van der Waals surface area (Å²) in [5.41, 5.74) is -0.165. The number of hydrogen-bond donors (Lipinski definition) is 2. The molecule has 2 aliphatic carbocycles. The smallest absolute Gasteiger partial charge is 0.261 e. The Hall–Kier alpha value is -4.30. The van der Waals surface area contributed by atoms with Crippen LogP contribution < -0.4 is 15.5 Å². The Morgan fingerprint density at radius 3 is 2.35 bits per heavy atom. The first-order valence-corrected chi connectivity index (χ1v) is 18.9. The van der Waals surface area contributed by atoms with Gasteiger partial charge in [0.1, 0.15) is 11.1 Å². The maximum absolute atomic E-state index is 15.6. The Morgan fingerprint density at radius 2 is 1.70 bits per heavy atom. The largest absolute Gasteiger partial charge is 0.341 e. The number of anilines is 3. The summed E-state index contributed by atoms with van der Waals surface area (Å²) >= 11 is 6.07. The number of aromatic nitrogens is 4. The van der Waals surface area contributed by atoms with Crippen molar-refractivity contribution in [3.8, 4) is 11.3 Å². The highest BCUT2D eigenvalue weighted by Gasteiger charge is 2.55. The summed E-state index contributed by atoms with van der Waals surface area (Å²) < 4.78 is 60.0. The number of amides is 2. The number of fused-ring (bicyclic) bond motifs is 2. The average Bonchev–Trinajstić information content (AvgIpc) is 3.73. The van der Waals surface area contributed by atoms with Gasteiger partial charge in [0.05, 0.1) is 50.6 Å². The summed E-state index contributed by atoms with van der Waals surface area (Å²) in [6.07, 6.45) is 5.87. The van der Waals surface area contributed by atoms with Gasteiger partial charge >= 0.3 is 0 Å². The lowest BCUT2D eigenvalue weighted by atomic mass is 9.71. The predicted molar refractivity (Wildman–Crippen MR) is 199 cm³/mol. The first-order chi connectivity index (χ1) is 25.5. The first kappa shape index (κ1) is 36.7. The second-order valence-corrected chi connectivity index (χ2v) is 16.8. The molecule has 4 aliphatic rings. The van der Waals surface area contributed by atoms with Crippen LogP contribution in [0.3, 0.4) is 0 Å². The average molecular weight is 767 g/mol. The van der Waals surface area contributed by atoms with Crippen molar-refractivity contribution in [3.05, 3.63) is 58.6 Å². The van der Waals surface area contributed by atoms with Gasteiger partial charge in [-0.15, -0.1) is 0 Å². The molecule has 0 spiro atoms. The minimum absolute atomic E-state index is 0.00414. The molecular weight excluding hydrogens is 724 g/mol. The number of hydrogen-bond acceptors (Lipinski definition) is 7. The molecule has 3 fully saturated rings. The van der Waals surface area contributed by atoms with Gasteiger partial charge < -0.3 is 20.1 Å². The second kappa shape index (κ2) is 12.9. The van der Waals surface area contributed by atoms with E-state index in [0.717, 1.165) is 37.7 Å². The monoisotopic (exact) mass is 766 g/mol. The van der Waals surface area contributed by atoms with Crippen molar-refractivity contribution in [2.75, 3.05) is 23.3 Å². The fourth-order valence-corrected chi connectivity index (χ4v) is 8.69. The van der Waals surface area contributed by atoms with E-state index in [1.165, 1.54) is 19.3 Å². The number of carbonyl (C=O) groups is 2. The molecule has 1 aromatic carbocycles. The fourth-order valence-electron chi connectivity index (χ4n) is 8.46.